The van der Waals surface area contributed by atoms with Crippen LogP contribution in [0.3, 0.4) is 0 Å². The van der Waals surface area contributed by atoms with Crippen molar-refractivity contribution in [3.63, 3.8) is 0 Å². The predicted octanol–water partition coefficient (Wildman–Crippen LogP) is 5.89. The fourth-order valence-corrected chi connectivity index (χ4v) is 5.60. The highest BCUT2D eigenvalue weighted by Gasteiger charge is 2.44. The van der Waals surface area contributed by atoms with E-state index in [9.17, 15) is 9.59 Å². The van der Waals surface area contributed by atoms with E-state index in [1.54, 1.807) is 19.2 Å². The maximum Gasteiger partial charge on any atom is 0.414 e. The number of benzene rings is 2. The maximum atomic E-state index is 13.8. The largest absolute Gasteiger partial charge is 0.497 e. The molecule has 0 aromatic heterocycles. The molecule has 3 aliphatic heterocycles. The lowest BCUT2D eigenvalue weighted by Crippen LogP contribution is -2.36. The van der Waals surface area contributed by atoms with Crippen LogP contribution in [0.4, 0.5) is 10.5 Å². The normalized spacial score (nSPS) is 26.1. The lowest BCUT2D eigenvalue weighted by Gasteiger charge is -2.26. The molecule has 0 N–H and O–H groups in total. The molecule has 11 heteroatoms. The highest BCUT2D eigenvalue weighted by molar-refractivity contribution is 5.99. The Hall–Kier alpha value is -3.90. The highest BCUT2D eigenvalue weighted by atomic mass is 16.8. The first-order valence-electron chi connectivity index (χ1n) is 15.5. The predicted molar refractivity (Wildman–Crippen MR) is 170 cm³/mol. The van der Waals surface area contributed by atoms with Crippen LogP contribution in [0.15, 0.2) is 54.6 Å². The highest BCUT2D eigenvalue weighted by Crippen LogP contribution is 2.36. The molecule has 0 saturated carbocycles. The molecule has 2 aromatic carbocycles. The number of carbonyl (C=O) groups is 2. The topological polar surface area (TPSA) is 111 Å². The van der Waals surface area contributed by atoms with E-state index in [2.05, 4.69) is 0 Å². The molecule has 2 saturated heterocycles. The lowest BCUT2D eigenvalue weighted by atomic mass is 9.98. The average Bonchev–Trinajstić information content (AvgIpc) is 3.60. The standard InChI is InChI=1S/C35H43NO10/c1-22-10-15-28(42-20-24-11-13-27(40-6)14-12-24)32-29(45-35(3,4)46-32)9-7-8-25-18-26(36-16-17-41-34(36)38)19-30(43-21-39-5)31(25)33(37)44-23(22)2/h7-8,10-15,18-19,22-23,28-29,32H,9,16-17,20-21H2,1-6H3/t22-,23+,28-,29+,32-/m1/s1. The number of ether oxygens (including phenoxy) is 8. The molecule has 3 heterocycles. The number of esters is 1. The number of methoxy groups -OCH3 is 2. The molecular formula is C35H43NO10. The lowest BCUT2D eigenvalue weighted by molar-refractivity contribution is -0.156. The first-order chi connectivity index (χ1) is 22.1. The van der Waals surface area contributed by atoms with E-state index in [4.69, 9.17) is 37.9 Å². The van der Waals surface area contributed by atoms with E-state index in [0.717, 1.165) is 11.3 Å². The maximum absolute atomic E-state index is 13.8. The van der Waals surface area contributed by atoms with Gasteiger partial charge in [-0.2, -0.15) is 0 Å². The fourth-order valence-electron chi connectivity index (χ4n) is 5.60. The van der Waals surface area contributed by atoms with Gasteiger partial charge in [0.05, 0.1) is 32.1 Å². The van der Waals surface area contributed by atoms with Gasteiger partial charge in [0.1, 0.15) is 42.0 Å². The third kappa shape index (κ3) is 7.90. The van der Waals surface area contributed by atoms with Crippen LogP contribution >= 0.6 is 0 Å². The van der Waals surface area contributed by atoms with Crippen LogP contribution in [0.2, 0.25) is 0 Å². The van der Waals surface area contributed by atoms with E-state index in [0.29, 0.717) is 30.8 Å². The zero-order valence-corrected chi connectivity index (χ0v) is 27.2. The third-order valence-corrected chi connectivity index (χ3v) is 8.18. The van der Waals surface area contributed by atoms with Crippen molar-refractivity contribution >= 4 is 23.8 Å². The van der Waals surface area contributed by atoms with Crippen molar-refractivity contribution in [3.8, 4) is 11.5 Å². The quantitative estimate of drug-likeness (QED) is 0.197. The van der Waals surface area contributed by atoms with Crippen LogP contribution in [0.1, 0.15) is 55.6 Å². The smallest absolute Gasteiger partial charge is 0.414 e. The average molecular weight is 638 g/mol. The monoisotopic (exact) mass is 637 g/mol. The molecule has 0 bridgehead atoms. The second kappa shape index (κ2) is 14.7. The van der Waals surface area contributed by atoms with E-state index < -0.39 is 36.2 Å². The summed E-state index contributed by atoms with van der Waals surface area (Å²) in [7, 11) is 3.12. The molecule has 2 fully saturated rings. The van der Waals surface area contributed by atoms with Crippen molar-refractivity contribution in [2.75, 3.05) is 39.1 Å². The number of carbonyl (C=O) groups excluding carboxylic acids is 2. The second-order valence-electron chi connectivity index (χ2n) is 12.0. The minimum Gasteiger partial charge on any atom is -0.497 e. The van der Waals surface area contributed by atoms with Crippen molar-refractivity contribution in [2.24, 2.45) is 5.92 Å². The Balaban J connectivity index is 1.51. The van der Waals surface area contributed by atoms with Gasteiger partial charge in [-0.1, -0.05) is 43.4 Å². The summed E-state index contributed by atoms with van der Waals surface area (Å²) in [5.74, 6) is -0.566. The van der Waals surface area contributed by atoms with Gasteiger partial charge in [-0.05, 0) is 56.5 Å². The van der Waals surface area contributed by atoms with Crippen molar-refractivity contribution in [2.45, 2.75) is 70.9 Å². The molecule has 3 aliphatic rings. The van der Waals surface area contributed by atoms with Gasteiger partial charge < -0.3 is 37.9 Å². The molecule has 46 heavy (non-hydrogen) atoms. The number of amides is 1. The van der Waals surface area contributed by atoms with Crippen molar-refractivity contribution in [3.05, 3.63) is 71.3 Å². The summed E-state index contributed by atoms with van der Waals surface area (Å²) in [6.07, 6.45) is 5.94. The van der Waals surface area contributed by atoms with Gasteiger partial charge in [0.15, 0.2) is 12.6 Å². The Kier molecular flexibility index (Phi) is 10.7. The fraction of sp³-hybridized carbons (Fsp3) is 0.486. The zero-order chi connectivity index (χ0) is 32.8. The Bertz CT molecular complexity index is 1440. The molecular weight excluding hydrogens is 594 g/mol. The van der Waals surface area contributed by atoms with Crippen molar-refractivity contribution < 1.29 is 47.5 Å². The number of anilines is 1. The van der Waals surface area contributed by atoms with E-state index in [1.165, 1.54) is 12.0 Å². The molecule has 5 atom stereocenters. The molecule has 248 valence electrons. The zero-order valence-electron chi connectivity index (χ0n) is 27.2. The van der Waals surface area contributed by atoms with E-state index in [-0.39, 0.29) is 36.7 Å². The number of fused-ring (bicyclic) bond motifs is 2. The molecule has 5 rings (SSSR count). The Labute approximate surface area is 269 Å². The summed E-state index contributed by atoms with van der Waals surface area (Å²) in [6, 6.07) is 11.1. The van der Waals surface area contributed by atoms with Gasteiger partial charge in [-0.3, -0.25) is 4.90 Å². The molecule has 2 aromatic rings. The molecule has 1 amide bonds. The second-order valence-corrected chi connectivity index (χ2v) is 12.0. The number of hydrogen-bond acceptors (Lipinski definition) is 10. The number of nitrogens with zero attached hydrogens (tertiary/aromatic N) is 1. The van der Waals surface area contributed by atoms with Crippen molar-refractivity contribution in [1.29, 1.82) is 0 Å². The minimum absolute atomic E-state index is 0.103. The Morgan fingerprint density at radius 3 is 2.50 bits per heavy atom. The van der Waals surface area contributed by atoms with E-state index in [1.807, 2.05) is 76.3 Å². The summed E-state index contributed by atoms with van der Waals surface area (Å²) in [4.78, 5) is 27.7. The molecule has 0 spiro atoms. The molecule has 0 unspecified atom stereocenters. The molecule has 0 radical (unpaired) electrons. The molecule has 11 nitrogen and oxygen atoms in total. The third-order valence-electron chi connectivity index (χ3n) is 8.18. The Morgan fingerprint density at radius 1 is 1.02 bits per heavy atom. The van der Waals surface area contributed by atoms with Gasteiger partial charge in [-0.25, -0.2) is 9.59 Å². The van der Waals surface area contributed by atoms with Gasteiger partial charge in [-0.15, -0.1) is 0 Å². The summed E-state index contributed by atoms with van der Waals surface area (Å²) >= 11 is 0. The van der Waals surface area contributed by atoms with Crippen LogP contribution < -0.4 is 14.4 Å². The van der Waals surface area contributed by atoms with Crippen LogP contribution in [-0.4, -0.2) is 76.4 Å². The molecule has 0 aliphatic carbocycles. The van der Waals surface area contributed by atoms with Crippen LogP contribution in [0.25, 0.3) is 6.08 Å². The summed E-state index contributed by atoms with van der Waals surface area (Å²) in [6.45, 7) is 8.46. The van der Waals surface area contributed by atoms with Gasteiger partial charge in [0.25, 0.3) is 0 Å². The number of hydrogen-bond donors (Lipinski definition) is 0. The minimum atomic E-state index is -0.840. The van der Waals surface area contributed by atoms with Crippen LogP contribution in [0.5, 0.6) is 11.5 Å². The first kappa shape index (κ1) is 33.5. The van der Waals surface area contributed by atoms with Gasteiger partial charge >= 0.3 is 12.1 Å². The van der Waals surface area contributed by atoms with Crippen LogP contribution in [-0.2, 0) is 35.0 Å². The SMILES string of the molecule is COCOc1cc(N2CCOC2=O)cc2c1C(=O)O[C@@H](C)[C@H](C)C=C[C@@H](OCc1ccc(OC)cc1)[C@H]1OC(C)(C)O[C@H]1CC=C2. The number of rotatable bonds is 8. The summed E-state index contributed by atoms with van der Waals surface area (Å²) in [5, 5.41) is 0. The van der Waals surface area contributed by atoms with Crippen LogP contribution in [0, 0.1) is 5.92 Å². The van der Waals surface area contributed by atoms with E-state index >= 15 is 0 Å². The Morgan fingerprint density at radius 2 is 1.80 bits per heavy atom. The van der Waals surface area contributed by atoms with Crippen molar-refractivity contribution in [1.82, 2.24) is 0 Å². The van der Waals surface area contributed by atoms with Gasteiger partial charge in [0, 0.05) is 19.1 Å². The first-order valence-corrected chi connectivity index (χ1v) is 15.5. The summed E-state index contributed by atoms with van der Waals surface area (Å²) in [5.41, 5.74) is 2.26. The summed E-state index contributed by atoms with van der Waals surface area (Å²) < 4.78 is 46.7. The number of cyclic esters (lactones) is 2. The van der Waals surface area contributed by atoms with Gasteiger partial charge in [0.2, 0.25) is 0 Å².